The van der Waals surface area contributed by atoms with Crippen LogP contribution >= 0.6 is 0 Å². The molecule has 0 atom stereocenters. The largest absolute Gasteiger partial charge is 0.379 e. The molecule has 3 nitrogen and oxygen atoms in total. The van der Waals surface area contributed by atoms with Crippen LogP contribution in [0.25, 0.3) is 10.9 Å². The maximum absolute atomic E-state index is 13.4. The van der Waals surface area contributed by atoms with Crippen LogP contribution < -0.4 is 5.32 Å². The molecule has 0 saturated heterocycles. The molecule has 3 aromatic rings. The average Bonchev–Trinajstić information content (AvgIpc) is 2.82. The molecule has 0 fully saturated rings. The van der Waals surface area contributed by atoms with Gasteiger partial charge in [-0.15, -0.1) is 0 Å². The van der Waals surface area contributed by atoms with Crippen molar-refractivity contribution in [2.24, 2.45) is 0 Å². The lowest BCUT2D eigenvalue weighted by atomic mass is 10.2. The number of benzene rings is 2. The van der Waals surface area contributed by atoms with Gasteiger partial charge in [-0.3, -0.25) is 4.68 Å². The van der Waals surface area contributed by atoms with Crippen molar-refractivity contribution in [1.29, 1.82) is 0 Å². The molecular formula is C17H18FN3. The molecule has 1 aromatic heterocycles. The topological polar surface area (TPSA) is 29.9 Å². The van der Waals surface area contributed by atoms with Crippen molar-refractivity contribution in [3.8, 4) is 0 Å². The summed E-state index contributed by atoms with van der Waals surface area (Å²) in [7, 11) is 0. The van der Waals surface area contributed by atoms with Gasteiger partial charge in [0.1, 0.15) is 5.82 Å². The van der Waals surface area contributed by atoms with Crippen LogP contribution in [0.2, 0.25) is 0 Å². The molecule has 4 heteroatoms. The van der Waals surface area contributed by atoms with Gasteiger partial charge in [0.2, 0.25) is 0 Å². The minimum absolute atomic E-state index is 0.221. The summed E-state index contributed by atoms with van der Waals surface area (Å²) in [6.07, 6.45) is 0. The number of fused-ring (bicyclic) bond motifs is 1. The van der Waals surface area contributed by atoms with Gasteiger partial charge in [0.15, 0.2) is 0 Å². The van der Waals surface area contributed by atoms with E-state index in [1.54, 1.807) is 0 Å². The van der Waals surface area contributed by atoms with E-state index in [1.165, 1.54) is 12.1 Å². The van der Waals surface area contributed by atoms with Crippen molar-refractivity contribution >= 4 is 16.6 Å². The monoisotopic (exact) mass is 283 g/mol. The Bertz CT molecular complexity index is 757. The van der Waals surface area contributed by atoms with Crippen LogP contribution in [0.15, 0.2) is 42.5 Å². The summed E-state index contributed by atoms with van der Waals surface area (Å²) in [5.74, 6) is -0.221. The van der Waals surface area contributed by atoms with Crippen LogP contribution in [0.5, 0.6) is 0 Å². The first-order valence-corrected chi connectivity index (χ1v) is 7.13. The third-order valence-electron chi connectivity index (χ3n) is 3.54. The highest BCUT2D eigenvalue weighted by atomic mass is 19.1. The molecule has 2 aromatic carbocycles. The SMILES string of the molecule is CCn1nc(CNc2cc(C)cc(F)c2)c2ccccc21. The first kappa shape index (κ1) is 13.6. The quantitative estimate of drug-likeness (QED) is 0.780. The Kier molecular flexibility index (Phi) is 3.60. The summed E-state index contributed by atoms with van der Waals surface area (Å²) in [4.78, 5) is 0. The molecule has 0 spiro atoms. The van der Waals surface area contributed by atoms with Crippen LogP contribution in [0.4, 0.5) is 10.1 Å². The fourth-order valence-electron chi connectivity index (χ4n) is 2.59. The number of nitrogens with one attached hydrogen (secondary N) is 1. The van der Waals surface area contributed by atoms with E-state index in [-0.39, 0.29) is 5.82 Å². The maximum Gasteiger partial charge on any atom is 0.125 e. The van der Waals surface area contributed by atoms with Crippen molar-refractivity contribution in [3.05, 3.63) is 59.5 Å². The Morgan fingerprint density at radius 2 is 2.00 bits per heavy atom. The van der Waals surface area contributed by atoms with Crippen molar-refractivity contribution in [1.82, 2.24) is 9.78 Å². The van der Waals surface area contributed by atoms with Gasteiger partial charge in [0.25, 0.3) is 0 Å². The third kappa shape index (κ3) is 2.75. The molecule has 0 unspecified atom stereocenters. The minimum Gasteiger partial charge on any atom is -0.379 e. The predicted molar refractivity (Wildman–Crippen MR) is 83.9 cm³/mol. The standard InChI is InChI=1S/C17H18FN3/c1-3-21-17-7-5-4-6-15(17)16(20-21)11-19-14-9-12(2)8-13(18)10-14/h4-10,19H,3,11H2,1-2H3. The van der Waals surface area contributed by atoms with E-state index in [0.717, 1.165) is 34.4 Å². The Hall–Kier alpha value is -2.36. The Morgan fingerprint density at radius 3 is 2.76 bits per heavy atom. The van der Waals surface area contributed by atoms with Gasteiger partial charge in [-0.05, 0) is 43.7 Å². The molecule has 108 valence electrons. The van der Waals surface area contributed by atoms with E-state index >= 15 is 0 Å². The van der Waals surface area contributed by atoms with Gasteiger partial charge < -0.3 is 5.32 Å². The van der Waals surface area contributed by atoms with E-state index in [4.69, 9.17) is 0 Å². The smallest absolute Gasteiger partial charge is 0.125 e. The molecule has 0 amide bonds. The summed E-state index contributed by atoms with van der Waals surface area (Å²) in [6, 6.07) is 13.1. The molecule has 0 radical (unpaired) electrons. The van der Waals surface area contributed by atoms with Crippen molar-refractivity contribution in [2.75, 3.05) is 5.32 Å². The third-order valence-corrected chi connectivity index (χ3v) is 3.54. The van der Waals surface area contributed by atoms with E-state index in [2.05, 4.69) is 29.5 Å². The highest BCUT2D eigenvalue weighted by Crippen LogP contribution is 2.20. The molecule has 1 heterocycles. The number of rotatable bonds is 4. The molecule has 0 aliphatic heterocycles. The molecule has 1 N–H and O–H groups in total. The molecule has 3 rings (SSSR count). The molecule has 0 aliphatic carbocycles. The zero-order valence-corrected chi connectivity index (χ0v) is 12.2. The lowest BCUT2D eigenvalue weighted by molar-refractivity contribution is 0.627. The molecular weight excluding hydrogens is 265 g/mol. The number of aromatic nitrogens is 2. The summed E-state index contributed by atoms with van der Waals surface area (Å²) < 4.78 is 15.4. The number of nitrogens with zero attached hydrogens (tertiary/aromatic N) is 2. The Morgan fingerprint density at radius 1 is 1.19 bits per heavy atom. The summed E-state index contributed by atoms with van der Waals surface area (Å²) >= 11 is 0. The normalized spacial score (nSPS) is 11.0. The summed E-state index contributed by atoms with van der Waals surface area (Å²) in [5.41, 5.74) is 3.80. The van der Waals surface area contributed by atoms with Crippen LogP contribution in [0.3, 0.4) is 0 Å². The second kappa shape index (κ2) is 5.56. The van der Waals surface area contributed by atoms with Gasteiger partial charge in [0.05, 0.1) is 17.8 Å². The van der Waals surface area contributed by atoms with Gasteiger partial charge >= 0.3 is 0 Å². The van der Waals surface area contributed by atoms with E-state index in [9.17, 15) is 4.39 Å². The summed E-state index contributed by atoms with van der Waals surface area (Å²) in [6.45, 7) is 5.37. The second-order valence-electron chi connectivity index (χ2n) is 5.15. The van der Waals surface area contributed by atoms with E-state index in [0.29, 0.717) is 6.54 Å². The summed E-state index contributed by atoms with van der Waals surface area (Å²) in [5, 5.41) is 9.02. The molecule has 21 heavy (non-hydrogen) atoms. The lowest BCUT2D eigenvalue weighted by Gasteiger charge is -2.06. The van der Waals surface area contributed by atoms with Crippen LogP contribution in [0.1, 0.15) is 18.2 Å². The predicted octanol–water partition coefficient (Wildman–Crippen LogP) is 4.12. The minimum atomic E-state index is -0.221. The molecule has 0 bridgehead atoms. The zero-order chi connectivity index (χ0) is 14.8. The fraction of sp³-hybridized carbons (Fsp3) is 0.235. The average molecular weight is 283 g/mol. The van der Waals surface area contributed by atoms with Gasteiger partial charge in [-0.2, -0.15) is 5.10 Å². The molecule has 0 aliphatic rings. The van der Waals surface area contributed by atoms with Crippen molar-refractivity contribution < 1.29 is 4.39 Å². The zero-order valence-electron chi connectivity index (χ0n) is 12.2. The number of aryl methyl sites for hydroxylation is 2. The number of halogens is 1. The van der Waals surface area contributed by atoms with Gasteiger partial charge in [-0.1, -0.05) is 18.2 Å². The molecule has 0 saturated carbocycles. The number of para-hydroxylation sites is 1. The van der Waals surface area contributed by atoms with E-state index < -0.39 is 0 Å². The highest BCUT2D eigenvalue weighted by Gasteiger charge is 2.09. The highest BCUT2D eigenvalue weighted by molar-refractivity contribution is 5.82. The van der Waals surface area contributed by atoms with Crippen molar-refractivity contribution in [3.63, 3.8) is 0 Å². The lowest BCUT2D eigenvalue weighted by Crippen LogP contribution is -2.03. The fourth-order valence-corrected chi connectivity index (χ4v) is 2.59. The van der Waals surface area contributed by atoms with Crippen LogP contribution in [-0.2, 0) is 13.1 Å². The van der Waals surface area contributed by atoms with Crippen LogP contribution in [-0.4, -0.2) is 9.78 Å². The first-order chi connectivity index (χ1) is 10.2. The number of anilines is 1. The number of hydrogen-bond donors (Lipinski definition) is 1. The Labute approximate surface area is 123 Å². The maximum atomic E-state index is 13.4. The van der Waals surface area contributed by atoms with Crippen LogP contribution in [0, 0.1) is 12.7 Å². The first-order valence-electron chi connectivity index (χ1n) is 7.13. The number of hydrogen-bond acceptors (Lipinski definition) is 2. The Balaban J connectivity index is 1.88. The van der Waals surface area contributed by atoms with E-state index in [1.807, 2.05) is 29.8 Å². The van der Waals surface area contributed by atoms with Gasteiger partial charge in [0, 0.05) is 17.6 Å². The van der Waals surface area contributed by atoms with Crippen molar-refractivity contribution in [2.45, 2.75) is 26.9 Å². The second-order valence-corrected chi connectivity index (χ2v) is 5.15. The van der Waals surface area contributed by atoms with Gasteiger partial charge in [-0.25, -0.2) is 4.39 Å².